The highest BCUT2D eigenvalue weighted by Gasteiger charge is 2.04. The Morgan fingerprint density at radius 2 is 1.37 bits per heavy atom. The van der Waals surface area contributed by atoms with E-state index in [1.54, 1.807) is 42.5 Å². The van der Waals surface area contributed by atoms with Gasteiger partial charge in [0.2, 0.25) is 0 Å². The Balaban J connectivity index is 2.01. The molecule has 0 fully saturated rings. The molecule has 0 unspecified atom stereocenters. The van der Waals surface area contributed by atoms with Gasteiger partial charge in [-0.1, -0.05) is 34.8 Å². The quantitative estimate of drug-likeness (QED) is 0.777. The molecule has 2 rings (SSSR count). The van der Waals surface area contributed by atoms with Crippen molar-refractivity contribution in [1.29, 1.82) is 0 Å². The number of benzene rings is 2. The number of carbonyl (C=O) groups is 1. The molecule has 0 radical (unpaired) electrons. The minimum atomic E-state index is -0.374. The van der Waals surface area contributed by atoms with Gasteiger partial charge in [0.1, 0.15) is 0 Å². The minimum Gasteiger partial charge on any atom is -0.308 e. The monoisotopic (exact) mass is 313 g/mol. The van der Waals surface area contributed by atoms with E-state index in [4.69, 9.17) is 34.8 Å². The Hall–Kier alpha value is -1.42. The van der Waals surface area contributed by atoms with Crippen LogP contribution in [0.25, 0.3) is 0 Å². The smallest absolute Gasteiger partial charge is 0.308 e. The molecule has 0 bridgehead atoms. The summed E-state index contributed by atoms with van der Waals surface area (Å²) in [6.07, 6.45) is 0. The summed E-state index contributed by atoms with van der Waals surface area (Å²) in [5.41, 5.74) is 1.20. The molecule has 0 aliphatic heterocycles. The van der Waals surface area contributed by atoms with E-state index >= 15 is 0 Å². The topological polar surface area (TPSA) is 41.1 Å². The molecule has 98 valence electrons. The molecule has 2 amide bonds. The van der Waals surface area contributed by atoms with Crippen molar-refractivity contribution < 1.29 is 4.79 Å². The molecule has 6 heteroatoms. The fraction of sp³-hybridized carbons (Fsp3) is 0. The molecule has 0 heterocycles. The molecule has 2 aromatic carbocycles. The van der Waals surface area contributed by atoms with Crippen molar-refractivity contribution in [2.75, 3.05) is 10.6 Å². The summed E-state index contributed by atoms with van der Waals surface area (Å²) in [5, 5.41) is 6.74. The Morgan fingerprint density at radius 1 is 0.789 bits per heavy atom. The molecule has 0 aromatic heterocycles. The van der Waals surface area contributed by atoms with Gasteiger partial charge >= 0.3 is 6.03 Å². The van der Waals surface area contributed by atoms with Crippen LogP contribution in [0.2, 0.25) is 15.1 Å². The van der Waals surface area contributed by atoms with Gasteiger partial charge in [0.25, 0.3) is 0 Å². The van der Waals surface area contributed by atoms with E-state index < -0.39 is 0 Å². The highest BCUT2D eigenvalue weighted by Crippen LogP contribution is 2.25. The van der Waals surface area contributed by atoms with Crippen LogP contribution in [0.5, 0.6) is 0 Å². The van der Waals surface area contributed by atoms with Crippen LogP contribution in [-0.2, 0) is 0 Å². The zero-order chi connectivity index (χ0) is 13.8. The number of carbonyl (C=O) groups excluding carboxylic acids is 1. The number of hydrogen-bond acceptors (Lipinski definition) is 1. The lowest BCUT2D eigenvalue weighted by Crippen LogP contribution is -2.19. The molecule has 2 N–H and O–H groups in total. The average Bonchev–Trinajstić information content (AvgIpc) is 2.37. The number of halogens is 3. The van der Waals surface area contributed by atoms with E-state index in [1.165, 1.54) is 0 Å². The van der Waals surface area contributed by atoms with Crippen LogP contribution in [0, 0.1) is 0 Å². The minimum absolute atomic E-state index is 0.374. The van der Waals surface area contributed by atoms with Crippen LogP contribution in [0.1, 0.15) is 0 Å². The lowest BCUT2D eigenvalue weighted by molar-refractivity contribution is 0.262. The first kappa shape index (κ1) is 14.0. The second-order valence-electron chi connectivity index (χ2n) is 3.71. The fourth-order valence-electron chi connectivity index (χ4n) is 1.40. The zero-order valence-corrected chi connectivity index (χ0v) is 11.9. The Bertz CT molecular complexity index is 599. The Morgan fingerprint density at radius 3 is 2.00 bits per heavy atom. The van der Waals surface area contributed by atoms with Crippen molar-refractivity contribution in [3.8, 4) is 0 Å². The number of urea groups is 1. The Kier molecular flexibility index (Phi) is 4.53. The number of rotatable bonds is 2. The second-order valence-corrected chi connectivity index (χ2v) is 4.97. The lowest BCUT2D eigenvalue weighted by Gasteiger charge is -2.08. The maximum absolute atomic E-state index is 11.7. The third kappa shape index (κ3) is 4.03. The maximum Gasteiger partial charge on any atom is 0.323 e. The van der Waals surface area contributed by atoms with Gasteiger partial charge in [-0.15, -0.1) is 0 Å². The van der Waals surface area contributed by atoms with Crippen LogP contribution >= 0.6 is 34.8 Å². The van der Waals surface area contributed by atoms with Crippen LogP contribution in [0.3, 0.4) is 0 Å². The van der Waals surface area contributed by atoms with E-state index in [1.807, 2.05) is 0 Å². The van der Waals surface area contributed by atoms with Crippen LogP contribution in [-0.4, -0.2) is 6.03 Å². The second kappa shape index (κ2) is 6.15. The number of nitrogens with one attached hydrogen (secondary N) is 2. The third-order valence-corrected chi connectivity index (χ3v) is 3.27. The van der Waals surface area contributed by atoms with Crippen molar-refractivity contribution >= 4 is 52.2 Å². The third-order valence-electron chi connectivity index (χ3n) is 2.28. The molecule has 0 atom stereocenters. The largest absolute Gasteiger partial charge is 0.323 e. The van der Waals surface area contributed by atoms with Gasteiger partial charge in [-0.05, 0) is 42.5 Å². The SMILES string of the molecule is O=[11C](Nc1ccc(Cl)cc1)Nc1ccc(Cl)c(Cl)c1. The number of anilines is 2. The average molecular weight is 315 g/mol. The van der Waals surface area contributed by atoms with E-state index in [2.05, 4.69) is 10.6 Å². The summed E-state index contributed by atoms with van der Waals surface area (Å²) in [6, 6.07) is 11.3. The van der Waals surface area contributed by atoms with Crippen LogP contribution in [0.15, 0.2) is 42.5 Å². The van der Waals surface area contributed by atoms with E-state index in [0.29, 0.717) is 26.4 Å². The van der Waals surface area contributed by atoms with E-state index in [0.717, 1.165) is 0 Å². The van der Waals surface area contributed by atoms with Gasteiger partial charge in [0.05, 0.1) is 10.0 Å². The zero-order valence-electron chi connectivity index (χ0n) is 9.58. The summed E-state index contributed by atoms with van der Waals surface area (Å²) >= 11 is 17.4. The van der Waals surface area contributed by atoms with Crippen molar-refractivity contribution in [3.05, 3.63) is 57.5 Å². The molecule has 3 nitrogen and oxygen atoms in total. The predicted octanol–water partition coefficient (Wildman–Crippen LogP) is 5.29. The molecule has 0 aliphatic rings. The van der Waals surface area contributed by atoms with Gasteiger partial charge in [0, 0.05) is 16.4 Å². The standard InChI is InChI=1S/C13H9Cl3N2O/c14-8-1-3-9(4-2-8)17-13(19)18-10-5-6-11(15)12(16)7-10/h1-7H,(H2,17,18,19)/i13-1. The highest BCUT2D eigenvalue weighted by molar-refractivity contribution is 6.42. The van der Waals surface area contributed by atoms with Gasteiger partial charge in [-0.2, -0.15) is 0 Å². The van der Waals surface area contributed by atoms with Crippen molar-refractivity contribution in [3.63, 3.8) is 0 Å². The summed E-state index contributed by atoms with van der Waals surface area (Å²) in [5.74, 6) is 0. The summed E-state index contributed by atoms with van der Waals surface area (Å²) in [4.78, 5) is 11.7. The molecule has 0 spiro atoms. The number of hydrogen-bond donors (Lipinski definition) is 2. The fourth-order valence-corrected chi connectivity index (χ4v) is 1.82. The number of amides is 2. The summed E-state index contributed by atoms with van der Waals surface area (Å²) in [6.45, 7) is 0. The van der Waals surface area contributed by atoms with Crippen LogP contribution in [0.4, 0.5) is 16.2 Å². The molecular weight excluding hydrogens is 306 g/mol. The van der Waals surface area contributed by atoms with Crippen LogP contribution < -0.4 is 10.6 Å². The van der Waals surface area contributed by atoms with Crippen molar-refractivity contribution in [2.24, 2.45) is 0 Å². The van der Waals surface area contributed by atoms with Crippen molar-refractivity contribution in [2.45, 2.75) is 0 Å². The van der Waals surface area contributed by atoms with Gasteiger partial charge < -0.3 is 10.6 Å². The summed E-state index contributed by atoms with van der Waals surface area (Å²) in [7, 11) is 0. The molecular formula is C13H9Cl3N2O. The molecule has 0 aliphatic carbocycles. The first-order valence-corrected chi connectivity index (χ1v) is 6.46. The first-order valence-electron chi connectivity index (χ1n) is 5.33. The molecule has 0 saturated heterocycles. The molecule has 0 saturated carbocycles. The maximum atomic E-state index is 11.7. The molecule has 19 heavy (non-hydrogen) atoms. The van der Waals surface area contributed by atoms with E-state index in [-0.39, 0.29) is 6.03 Å². The van der Waals surface area contributed by atoms with E-state index in [9.17, 15) is 4.79 Å². The predicted molar refractivity (Wildman–Crippen MR) is 80.6 cm³/mol. The van der Waals surface area contributed by atoms with Gasteiger partial charge in [-0.3, -0.25) is 0 Å². The first-order chi connectivity index (χ1) is 9.04. The summed E-state index contributed by atoms with van der Waals surface area (Å²) < 4.78 is 0. The highest BCUT2D eigenvalue weighted by atomic mass is 35.5. The van der Waals surface area contributed by atoms with Crippen molar-refractivity contribution in [1.82, 2.24) is 0 Å². The normalized spacial score (nSPS) is 10.1. The van der Waals surface area contributed by atoms with Gasteiger partial charge in [0.15, 0.2) is 0 Å². The molecule has 2 aromatic rings. The lowest BCUT2D eigenvalue weighted by atomic mass is 10.2. The van der Waals surface area contributed by atoms with Gasteiger partial charge in [-0.25, -0.2) is 4.79 Å². The Labute approximate surface area is 125 Å².